The summed E-state index contributed by atoms with van der Waals surface area (Å²) in [5, 5.41) is 0. The summed E-state index contributed by atoms with van der Waals surface area (Å²) in [6.07, 6.45) is 4.91. The van der Waals surface area contributed by atoms with Crippen molar-refractivity contribution in [2.24, 2.45) is 5.92 Å². The van der Waals surface area contributed by atoms with Crippen molar-refractivity contribution in [1.82, 2.24) is 4.90 Å². The van der Waals surface area contributed by atoms with Gasteiger partial charge in [-0.3, -0.25) is 9.69 Å². The summed E-state index contributed by atoms with van der Waals surface area (Å²) < 4.78 is 0. The monoisotopic (exact) mass is 273 g/mol. The van der Waals surface area contributed by atoms with Crippen LogP contribution in [0.2, 0.25) is 0 Å². The van der Waals surface area contributed by atoms with Crippen LogP contribution in [0.15, 0.2) is 24.3 Å². The van der Waals surface area contributed by atoms with Gasteiger partial charge in [-0.2, -0.15) is 0 Å². The zero-order valence-electron chi connectivity index (χ0n) is 13.1. The predicted molar refractivity (Wildman–Crippen MR) is 84.2 cm³/mol. The SMILES string of the molecule is CCCc1ccc(C(=O)CN(CC2CC2)C(C)C)cc1. The molecular formula is C18H27NO. The second-order valence-corrected chi connectivity index (χ2v) is 6.34. The molecule has 2 rings (SSSR count). The van der Waals surface area contributed by atoms with E-state index in [-0.39, 0.29) is 5.78 Å². The van der Waals surface area contributed by atoms with Gasteiger partial charge in [0.2, 0.25) is 0 Å². The first-order valence-electron chi connectivity index (χ1n) is 7.96. The molecule has 0 spiro atoms. The van der Waals surface area contributed by atoms with E-state index in [0.717, 1.165) is 30.9 Å². The van der Waals surface area contributed by atoms with Crippen LogP contribution in [0.3, 0.4) is 0 Å². The van der Waals surface area contributed by atoms with E-state index in [0.29, 0.717) is 12.6 Å². The van der Waals surface area contributed by atoms with Crippen molar-refractivity contribution in [3.63, 3.8) is 0 Å². The summed E-state index contributed by atoms with van der Waals surface area (Å²) in [5.41, 5.74) is 2.18. The van der Waals surface area contributed by atoms with E-state index >= 15 is 0 Å². The zero-order chi connectivity index (χ0) is 14.5. The van der Waals surface area contributed by atoms with Crippen LogP contribution in [-0.4, -0.2) is 29.8 Å². The smallest absolute Gasteiger partial charge is 0.176 e. The summed E-state index contributed by atoms with van der Waals surface area (Å²) in [6.45, 7) is 8.18. The molecule has 0 N–H and O–H groups in total. The molecule has 2 nitrogen and oxygen atoms in total. The van der Waals surface area contributed by atoms with Crippen LogP contribution in [-0.2, 0) is 6.42 Å². The van der Waals surface area contributed by atoms with Gasteiger partial charge >= 0.3 is 0 Å². The lowest BCUT2D eigenvalue weighted by atomic mass is 10.0. The Kier molecular flexibility index (Phi) is 5.36. The Morgan fingerprint density at radius 3 is 2.40 bits per heavy atom. The first-order chi connectivity index (χ1) is 9.60. The molecule has 1 aliphatic rings. The Bertz CT molecular complexity index is 431. The molecule has 20 heavy (non-hydrogen) atoms. The molecule has 0 saturated heterocycles. The molecule has 0 radical (unpaired) electrons. The van der Waals surface area contributed by atoms with Crippen LogP contribution >= 0.6 is 0 Å². The molecule has 0 unspecified atom stereocenters. The number of hydrogen-bond acceptors (Lipinski definition) is 2. The lowest BCUT2D eigenvalue weighted by Gasteiger charge is -2.25. The zero-order valence-corrected chi connectivity index (χ0v) is 13.1. The number of carbonyl (C=O) groups is 1. The number of ketones is 1. The van der Waals surface area contributed by atoms with Crippen LogP contribution in [0.25, 0.3) is 0 Å². The van der Waals surface area contributed by atoms with Gasteiger partial charge in [-0.15, -0.1) is 0 Å². The van der Waals surface area contributed by atoms with Gasteiger partial charge < -0.3 is 0 Å². The van der Waals surface area contributed by atoms with Gasteiger partial charge in [0.25, 0.3) is 0 Å². The maximum Gasteiger partial charge on any atom is 0.176 e. The van der Waals surface area contributed by atoms with Gasteiger partial charge in [0, 0.05) is 18.2 Å². The van der Waals surface area contributed by atoms with Gasteiger partial charge in [0.05, 0.1) is 6.54 Å². The van der Waals surface area contributed by atoms with E-state index < -0.39 is 0 Å². The molecule has 0 amide bonds. The molecule has 1 aromatic rings. The molecule has 0 aliphatic heterocycles. The highest BCUT2D eigenvalue weighted by molar-refractivity contribution is 5.97. The van der Waals surface area contributed by atoms with Gasteiger partial charge in [0.15, 0.2) is 5.78 Å². The van der Waals surface area contributed by atoms with Gasteiger partial charge in [-0.25, -0.2) is 0 Å². The third-order valence-electron chi connectivity index (χ3n) is 4.08. The standard InChI is InChI=1S/C18H27NO/c1-4-5-15-8-10-17(11-9-15)18(20)13-19(14(2)3)12-16-6-7-16/h8-11,14,16H,4-7,12-13H2,1-3H3. The number of aryl methyl sites for hydroxylation is 1. The van der Waals surface area contributed by atoms with Gasteiger partial charge in [-0.1, -0.05) is 37.6 Å². The normalized spacial score (nSPS) is 15.1. The van der Waals surface area contributed by atoms with Crippen molar-refractivity contribution in [2.75, 3.05) is 13.1 Å². The summed E-state index contributed by atoms with van der Waals surface area (Å²) in [4.78, 5) is 14.7. The van der Waals surface area contributed by atoms with Gasteiger partial charge in [-0.05, 0) is 44.6 Å². The van der Waals surface area contributed by atoms with E-state index in [2.05, 4.69) is 37.8 Å². The van der Waals surface area contributed by atoms with Crippen molar-refractivity contribution < 1.29 is 4.79 Å². The van der Waals surface area contributed by atoms with Crippen LogP contribution in [0.1, 0.15) is 56.0 Å². The molecule has 1 saturated carbocycles. The number of rotatable bonds is 8. The van der Waals surface area contributed by atoms with Gasteiger partial charge in [0.1, 0.15) is 0 Å². The number of hydrogen-bond donors (Lipinski definition) is 0. The lowest BCUT2D eigenvalue weighted by molar-refractivity contribution is 0.0901. The first kappa shape index (κ1) is 15.2. The Hall–Kier alpha value is -1.15. The van der Waals surface area contributed by atoms with E-state index in [1.165, 1.54) is 18.4 Å². The Balaban J connectivity index is 1.94. The van der Waals surface area contributed by atoms with E-state index in [1.54, 1.807) is 0 Å². The fourth-order valence-corrected chi connectivity index (χ4v) is 2.51. The minimum Gasteiger partial charge on any atom is -0.293 e. The highest BCUT2D eigenvalue weighted by Gasteiger charge is 2.26. The quantitative estimate of drug-likeness (QED) is 0.669. The molecule has 0 bridgehead atoms. The maximum atomic E-state index is 12.4. The Morgan fingerprint density at radius 1 is 1.25 bits per heavy atom. The Labute approximate surface area is 123 Å². The fraction of sp³-hybridized carbons (Fsp3) is 0.611. The van der Waals surface area contributed by atoms with Crippen LogP contribution in [0.4, 0.5) is 0 Å². The van der Waals surface area contributed by atoms with Crippen molar-refractivity contribution in [3.05, 3.63) is 35.4 Å². The Morgan fingerprint density at radius 2 is 1.90 bits per heavy atom. The third-order valence-corrected chi connectivity index (χ3v) is 4.08. The molecule has 2 heteroatoms. The second kappa shape index (κ2) is 7.03. The molecule has 0 heterocycles. The van der Waals surface area contributed by atoms with Crippen molar-refractivity contribution in [3.8, 4) is 0 Å². The summed E-state index contributed by atoms with van der Waals surface area (Å²) >= 11 is 0. The molecular weight excluding hydrogens is 246 g/mol. The maximum absolute atomic E-state index is 12.4. The minimum atomic E-state index is 0.252. The molecule has 1 aliphatic carbocycles. The number of Topliss-reactive ketones (excluding diaryl/α,β-unsaturated/α-hetero) is 1. The number of carbonyl (C=O) groups excluding carboxylic acids is 1. The molecule has 110 valence electrons. The molecule has 0 atom stereocenters. The van der Waals surface area contributed by atoms with Crippen molar-refractivity contribution in [1.29, 1.82) is 0 Å². The predicted octanol–water partition coefficient (Wildman–Crippen LogP) is 3.94. The highest BCUT2D eigenvalue weighted by atomic mass is 16.1. The summed E-state index contributed by atoms with van der Waals surface area (Å²) in [6, 6.07) is 8.61. The molecule has 1 aromatic carbocycles. The van der Waals surface area contributed by atoms with Crippen LogP contribution in [0, 0.1) is 5.92 Å². The van der Waals surface area contributed by atoms with E-state index in [9.17, 15) is 4.79 Å². The fourth-order valence-electron chi connectivity index (χ4n) is 2.51. The van der Waals surface area contributed by atoms with Crippen LogP contribution in [0.5, 0.6) is 0 Å². The lowest BCUT2D eigenvalue weighted by Crippen LogP contribution is -2.37. The molecule has 1 fully saturated rings. The first-order valence-corrected chi connectivity index (χ1v) is 7.96. The molecule has 0 aromatic heterocycles. The number of nitrogens with zero attached hydrogens (tertiary/aromatic N) is 1. The highest BCUT2D eigenvalue weighted by Crippen LogP contribution is 2.30. The van der Waals surface area contributed by atoms with E-state index in [4.69, 9.17) is 0 Å². The largest absolute Gasteiger partial charge is 0.293 e. The van der Waals surface area contributed by atoms with E-state index in [1.807, 2.05) is 12.1 Å². The number of benzene rings is 1. The second-order valence-electron chi connectivity index (χ2n) is 6.34. The average molecular weight is 273 g/mol. The minimum absolute atomic E-state index is 0.252. The summed E-state index contributed by atoms with van der Waals surface area (Å²) in [7, 11) is 0. The average Bonchev–Trinajstić information content (AvgIpc) is 3.23. The summed E-state index contributed by atoms with van der Waals surface area (Å²) in [5.74, 6) is 1.08. The van der Waals surface area contributed by atoms with Crippen molar-refractivity contribution in [2.45, 2.75) is 52.5 Å². The van der Waals surface area contributed by atoms with Crippen LogP contribution < -0.4 is 0 Å². The third kappa shape index (κ3) is 4.45. The van der Waals surface area contributed by atoms with Crippen molar-refractivity contribution >= 4 is 5.78 Å². The topological polar surface area (TPSA) is 20.3 Å².